The van der Waals surface area contributed by atoms with Crippen molar-refractivity contribution in [1.82, 2.24) is 5.16 Å². The van der Waals surface area contributed by atoms with Crippen LogP contribution in [-0.2, 0) is 0 Å². The van der Waals surface area contributed by atoms with Crippen molar-refractivity contribution in [1.29, 1.82) is 0 Å². The molecule has 0 aliphatic carbocycles. The number of ether oxygens (including phenoxy) is 2. The Hall–Kier alpha value is -2.70. The molecule has 26 heavy (non-hydrogen) atoms. The molecular weight excluding hydrogens is 379 g/mol. The standard InChI is InChI=1S/C18H14Cl2N2O4/c1-24-16-8-13(17(25-2)7-12(16)20)21-18(23)14-9-15(26-22-14)10-4-3-5-11(19)6-10/h3-9H,1-2H3,(H,21,23). The van der Waals surface area contributed by atoms with Gasteiger partial charge in [-0.1, -0.05) is 40.5 Å². The number of methoxy groups -OCH3 is 2. The fourth-order valence-corrected chi connectivity index (χ4v) is 2.73. The molecule has 6 nitrogen and oxygen atoms in total. The normalized spacial score (nSPS) is 10.5. The van der Waals surface area contributed by atoms with Crippen LogP contribution in [0.1, 0.15) is 10.5 Å². The van der Waals surface area contributed by atoms with Crippen LogP contribution >= 0.6 is 23.2 Å². The maximum atomic E-state index is 12.5. The highest BCUT2D eigenvalue weighted by Gasteiger charge is 2.17. The number of rotatable bonds is 5. The maximum Gasteiger partial charge on any atom is 0.277 e. The Labute approximate surface area is 159 Å². The molecule has 0 aliphatic rings. The van der Waals surface area contributed by atoms with Gasteiger partial charge in [-0.2, -0.15) is 0 Å². The molecule has 0 atom stereocenters. The van der Waals surface area contributed by atoms with Crippen LogP contribution in [0.3, 0.4) is 0 Å². The number of carbonyl (C=O) groups is 1. The first-order valence-electron chi connectivity index (χ1n) is 7.47. The van der Waals surface area contributed by atoms with Crippen LogP contribution in [0.25, 0.3) is 11.3 Å². The zero-order valence-electron chi connectivity index (χ0n) is 13.9. The predicted molar refractivity (Wildman–Crippen MR) is 99.5 cm³/mol. The van der Waals surface area contributed by atoms with E-state index in [1.807, 2.05) is 0 Å². The second kappa shape index (κ2) is 7.68. The van der Waals surface area contributed by atoms with Gasteiger partial charge >= 0.3 is 0 Å². The molecule has 0 saturated carbocycles. The lowest BCUT2D eigenvalue weighted by atomic mass is 10.1. The van der Waals surface area contributed by atoms with E-state index >= 15 is 0 Å². The van der Waals surface area contributed by atoms with Gasteiger partial charge in [-0.15, -0.1) is 0 Å². The van der Waals surface area contributed by atoms with Crippen LogP contribution in [-0.4, -0.2) is 25.3 Å². The van der Waals surface area contributed by atoms with E-state index in [0.717, 1.165) is 5.56 Å². The van der Waals surface area contributed by atoms with Crippen molar-refractivity contribution in [3.05, 3.63) is 58.2 Å². The summed E-state index contributed by atoms with van der Waals surface area (Å²) in [6, 6.07) is 11.7. The predicted octanol–water partition coefficient (Wildman–Crippen LogP) is 4.92. The first-order chi connectivity index (χ1) is 12.5. The van der Waals surface area contributed by atoms with Crippen LogP contribution < -0.4 is 14.8 Å². The fraction of sp³-hybridized carbons (Fsp3) is 0.111. The molecule has 0 radical (unpaired) electrons. The number of benzene rings is 2. The summed E-state index contributed by atoms with van der Waals surface area (Å²) in [5, 5.41) is 7.44. The minimum Gasteiger partial charge on any atom is -0.495 e. The highest BCUT2D eigenvalue weighted by atomic mass is 35.5. The second-order valence-electron chi connectivity index (χ2n) is 5.23. The largest absolute Gasteiger partial charge is 0.495 e. The van der Waals surface area contributed by atoms with Gasteiger partial charge in [0.15, 0.2) is 11.5 Å². The quantitative estimate of drug-likeness (QED) is 0.666. The van der Waals surface area contributed by atoms with Crippen LogP contribution in [0.5, 0.6) is 11.5 Å². The van der Waals surface area contributed by atoms with Crippen molar-refractivity contribution in [3.63, 3.8) is 0 Å². The van der Waals surface area contributed by atoms with E-state index in [1.54, 1.807) is 36.4 Å². The third kappa shape index (κ3) is 3.76. The zero-order valence-corrected chi connectivity index (χ0v) is 15.4. The Morgan fingerprint density at radius 1 is 1.08 bits per heavy atom. The summed E-state index contributed by atoms with van der Waals surface area (Å²) in [5.41, 5.74) is 1.22. The monoisotopic (exact) mass is 392 g/mol. The summed E-state index contributed by atoms with van der Waals surface area (Å²) in [5.74, 6) is 0.758. The molecule has 0 aliphatic heterocycles. The molecule has 0 saturated heterocycles. The summed E-state index contributed by atoms with van der Waals surface area (Å²) in [7, 11) is 2.95. The fourth-order valence-electron chi connectivity index (χ4n) is 2.30. The highest BCUT2D eigenvalue weighted by molar-refractivity contribution is 6.32. The molecule has 0 bridgehead atoms. The molecule has 1 N–H and O–H groups in total. The van der Waals surface area contributed by atoms with E-state index in [4.69, 9.17) is 37.2 Å². The summed E-state index contributed by atoms with van der Waals surface area (Å²) < 4.78 is 15.6. The average molecular weight is 393 g/mol. The molecule has 0 unspecified atom stereocenters. The van der Waals surface area contributed by atoms with E-state index in [-0.39, 0.29) is 5.69 Å². The molecule has 1 aromatic heterocycles. The highest BCUT2D eigenvalue weighted by Crippen LogP contribution is 2.36. The smallest absolute Gasteiger partial charge is 0.277 e. The van der Waals surface area contributed by atoms with E-state index in [2.05, 4.69) is 10.5 Å². The molecule has 134 valence electrons. The lowest BCUT2D eigenvalue weighted by molar-refractivity contribution is 0.101. The van der Waals surface area contributed by atoms with Crippen molar-refractivity contribution in [2.45, 2.75) is 0 Å². The number of hydrogen-bond acceptors (Lipinski definition) is 5. The van der Waals surface area contributed by atoms with Gasteiger partial charge in [0.2, 0.25) is 0 Å². The Kier molecular flexibility index (Phi) is 5.35. The molecule has 1 amide bonds. The van der Waals surface area contributed by atoms with Gasteiger partial charge in [-0.3, -0.25) is 4.79 Å². The third-order valence-corrected chi connectivity index (χ3v) is 4.10. The molecule has 3 aromatic rings. The van der Waals surface area contributed by atoms with E-state index in [9.17, 15) is 4.79 Å². The Bertz CT molecular complexity index is 956. The number of amides is 1. The number of aromatic nitrogens is 1. The van der Waals surface area contributed by atoms with Crippen LogP contribution in [0.15, 0.2) is 47.0 Å². The minimum atomic E-state index is -0.468. The van der Waals surface area contributed by atoms with Gasteiger partial charge < -0.3 is 19.3 Å². The number of halogens is 2. The molecule has 8 heteroatoms. The van der Waals surface area contributed by atoms with Crippen molar-refractivity contribution < 1.29 is 18.8 Å². The van der Waals surface area contributed by atoms with Gasteiger partial charge in [-0.25, -0.2) is 0 Å². The zero-order chi connectivity index (χ0) is 18.7. The van der Waals surface area contributed by atoms with Crippen molar-refractivity contribution in [2.75, 3.05) is 19.5 Å². The number of hydrogen-bond donors (Lipinski definition) is 1. The Morgan fingerprint density at radius 3 is 2.54 bits per heavy atom. The average Bonchev–Trinajstić information content (AvgIpc) is 3.13. The van der Waals surface area contributed by atoms with Crippen molar-refractivity contribution in [3.8, 4) is 22.8 Å². The van der Waals surface area contributed by atoms with Gasteiger partial charge in [0.05, 0.1) is 24.9 Å². The molecule has 3 rings (SSSR count). The van der Waals surface area contributed by atoms with Gasteiger partial charge in [0.25, 0.3) is 5.91 Å². The van der Waals surface area contributed by atoms with Crippen LogP contribution in [0.2, 0.25) is 10.0 Å². The lowest BCUT2D eigenvalue weighted by Crippen LogP contribution is -2.13. The number of nitrogens with one attached hydrogen (secondary N) is 1. The molecule has 1 heterocycles. The first kappa shape index (κ1) is 18.1. The maximum absolute atomic E-state index is 12.5. The first-order valence-corrected chi connectivity index (χ1v) is 8.23. The molecule has 2 aromatic carbocycles. The van der Waals surface area contributed by atoms with Crippen molar-refractivity contribution >= 4 is 34.8 Å². The summed E-state index contributed by atoms with van der Waals surface area (Å²) in [6.07, 6.45) is 0. The van der Waals surface area contributed by atoms with Crippen LogP contribution in [0, 0.1) is 0 Å². The van der Waals surface area contributed by atoms with Gasteiger partial charge in [-0.05, 0) is 12.1 Å². The Balaban J connectivity index is 1.85. The number of nitrogens with zero attached hydrogens (tertiary/aromatic N) is 1. The van der Waals surface area contributed by atoms with Crippen molar-refractivity contribution in [2.24, 2.45) is 0 Å². The summed E-state index contributed by atoms with van der Waals surface area (Å²) in [6.45, 7) is 0. The summed E-state index contributed by atoms with van der Waals surface area (Å²) in [4.78, 5) is 12.5. The molecular formula is C18H14Cl2N2O4. The lowest BCUT2D eigenvalue weighted by Gasteiger charge is -2.12. The summed E-state index contributed by atoms with van der Waals surface area (Å²) >= 11 is 12.0. The van der Waals surface area contributed by atoms with E-state index < -0.39 is 5.91 Å². The number of carbonyl (C=O) groups excluding carboxylic acids is 1. The SMILES string of the molecule is COc1cc(NC(=O)c2cc(-c3cccc(Cl)c3)on2)c(OC)cc1Cl. The molecule has 0 fully saturated rings. The minimum absolute atomic E-state index is 0.107. The number of anilines is 1. The Morgan fingerprint density at radius 2 is 1.85 bits per heavy atom. The molecule has 0 spiro atoms. The van der Waals surface area contributed by atoms with E-state index in [1.165, 1.54) is 20.3 Å². The van der Waals surface area contributed by atoms with Crippen LogP contribution in [0.4, 0.5) is 5.69 Å². The van der Waals surface area contributed by atoms with Gasteiger partial charge in [0, 0.05) is 28.8 Å². The van der Waals surface area contributed by atoms with Gasteiger partial charge in [0.1, 0.15) is 11.5 Å². The third-order valence-electron chi connectivity index (χ3n) is 3.57. The second-order valence-corrected chi connectivity index (χ2v) is 6.07. The topological polar surface area (TPSA) is 73.6 Å². The van der Waals surface area contributed by atoms with E-state index in [0.29, 0.717) is 33.0 Å².